The Balaban J connectivity index is 1.26. The summed E-state index contributed by atoms with van der Waals surface area (Å²) in [5.74, 6) is 2.16. The molecule has 1 spiro atoms. The second kappa shape index (κ2) is 11.0. The van der Waals surface area contributed by atoms with Crippen LogP contribution in [0.4, 0.5) is 0 Å². The summed E-state index contributed by atoms with van der Waals surface area (Å²) in [5.41, 5.74) is 7.82. The van der Waals surface area contributed by atoms with Crippen molar-refractivity contribution >= 4 is 5.91 Å². The van der Waals surface area contributed by atoms with Gasteiger partial charge in [-0.3, -0.25) is 4.79 Å². The zero-order chi connectivity index (χ0) is 26.0. The third kappa shape index (κ3) is 5.00. The summed E-state index contributed by atoms with van der Waals surface area (Å²) in [7, 11) is 0. The molecule has 1 aliphatic heterocycles. The molecule has 6 rings (SSSR count). The third-order valence-electron chi connectivity index (χ3n) is 10.5. The fraction of sp³-hybridized carbons (Fsp3) is 0.606. The molecule has 4 atom stereocenters. The summed E-state index contributed by atoms with van der Waals surface area (Å²) in [5, 5.41) is 5.73. The molecule has 204 valence electrons. The zero-order valence-electron chi connectivity index (χ0n) is 22.8. The van der Waals surface area contributed by atoms with Gasteiger partial charge in [0.2, 0.25) is 5.91 Å². The number of nitrogens with two attached hydrogens (primary N) is 1. The average molecular weight is 516 g/mol. The Morgan fingerprint density at radius 1 is 0.921 bits per heavy atom. The maximum atomic E-state index is 13.2. The number of hydrogen-bond donors (Lipinski definition) is 2. The molecule has 4 unspecified atom stereocenters. The van der Waals surface area contributed by atoms with Crippen LogP contribution in [0.15, 0.2) is 60.7 Å². The molecule has 0 aromatic heterocycles. The Bertz CT molecular complexity index is 1070. The maximum Gasteiger partial charge on any atom is 0.220 e. The van der Waals surface area contributed by atoms with Crippen LogP contribution in [-0.2, 0) is 10.2 Å². The summed E-state index contributed by atoms with van der Waals surface area (Å²) in [4.78, 5) is 19.9. The van der Waals surface area contributed by atoms with E-state index in [9.17, 15) is 4.79 Å². The maximum absolute atomic E-state index is 13.2. The second-order valence-corrected chi connectivity index (χ2v) is 12.7. The SMILES string of the molecule is NC1CCC(NC(=O)CCC2CC3(c4ccccc4)CCCC(C3)C23CCCN3Oc2ccccc2)CC1. The van der Waals surface area contributed by atoms with Crippen molar-refractivity contribution in [3.63, 3.8) is 0 Å². The minimum atomic E-state index is 0.00638. The molecule has 3 aliphatic carbocycles. The molecular weight excluding hydrogens is 470 g/mol. The molecule has 2 aromatic rings. The lowest BCUT2D eigenvalue weighted by Crippen LogP contribution is -2.63. The highest BCUT2D eigenvalue weighted by molar-refractivity contribution is 5.76. The van der Waals surface area contributed by atoms with Gasteiger partial charge in [-0.05, 0) is 106 Å². The van der Waals surface area contributed by atoms with Crippen molar-refractivity contribution < 1.29 is 9.63 Å². The lowest BCUT2D eigenvalue weighted by Gasteiger charge is -2.60. The molecule has 4 fully saturated rings. The number of hydrogen-bond acceptors (Lipinski definition) is 4. The van der Waals surface area contributed by atoms with E-state index < -0.39 is 0 Å². The average Bonchev–Trinajstić information content (AvgIpc) is 3.37. The minimum Gasteiger partial charge on any atom is -0.405 e. The Labute approximate surface area is 228 Å². The minimum absolute atomic E-state index is 0.00638. The molecule has 2 aromatic carbocycles. The highest BCUT2D eigenvalue weighted by atomic mass is 16.7. The van der Waals surface area contributed by atoms with Gasteiger partial charge >= 0.3 is 0 Å². The molecule has 3 saturated carbocycles. The van der Waals surface area contributed by atoms with E-state index in [4.69, 9.17) is 10.6 Å². The van der Waals surface area contributed by atoms with Crippen molar-refractivity contribution in [2.24, 2.45) is 17.6 Å². The molecule has 3 N–H and O–H groups in total. The molecule has 4 aliphatic rings. The number of carbonyl (C=O) groups is 1. The second-order valence-electron chi connectivity index (χ2n) is 12.7. The standard InChI is InChI=1S/C33H45N3O2/c34-28-15-17-29(18-16-28)35-31(37)19-14-27-24-32(25-9-3-1-4-10-25)20-7-11-26(23-32)33(27)21-8-22-36(33)38-30-12-5-2-6-13-30/h1-6,9-10,12-13,26-29H,7-8,11,14-24,34H2,(H,35,37). The first kappa shape index (κ1) is 25.9. The molecular formula is C33H45N3O2. The first-order chi connectivity index (χ1) is 18.6. The Morgan fingerprint density at radius 3 is 2.42 bits per heavy atom. The lowest BCUT2D eigenvalue weighted by molar-refractivity contribution is -0.194. The van der Waals surface area contributed by atoms with Crippen molar-refractivity contribution in [3.8, 4) is 5.75 Å². The van der Waals surface area contributed by atoms with Gasteiger partial charge in [-0.25, -0.2) is 0 Å². The molecule has 1 amide bonds. The molecule has 2 bridgehead atoms. The zero-order valence-corrected chi connectivity index (χ0v) is 22.8. The van der Waals surface area contributed by atoms with Crippen LogP contribution >= 0.6 is 0 Å². The summed E-state index contributed by atoms with van der Waals surface area (Å²) in [6, 6.07) is 22.1. The largest absolute Gasteiger partial charge is 0.405 e. The van der Waals surface area contributed by atoms with Crippen LogP contribution in [-0.4, -0.2) is 35.1 Å². The van der Waals surface area contributed by atoms with E-state index in [0.717, 1.165) is 57.2 Å². The lowest BCUT2D eigenvalue weighted by atomic mass is 9.49. The summed E-state index contributed by atoms with van der Waals surface area (Å²) in [6.45, 7) is 0.967. The van der Waals surface area contributed by atoms with E-state index in [1.54, 1.807) is 0 Å². The van der Waals surface area contributed by atoms with E-state index in [1.165, 1.54) is 37.7 Å². The monoisotopic (exact) mass is 515 g/mol. The van der Waals surface area contributed by atoms with Crippen molar-refractivity contribution in [2.45, 2.75) is 107 Å². The van der Waals surface area contributed by atoms with Gasteiger partial charge in [-0.2, -0.15) is 0 Å². The Morgan fingerprint density at radius 2 is 1.66 bits per heavy atom. The van der Waals surface area contributed by atoms with E-state index in [2.05, 4.69) is 65.0 Å². The van der Waals surface area contributed by atoms with E-state index >= 15 is 0 Å². The van der Waals surface area contributed by atoms with Gasteiger partial charge in [0, 0.05) is 25.0 Å². The number of benzene rings is 2. The number of amides is 1. The van der Waals surface area contributed by atoms with Gasteiger partial charge in [0.1, 0.15) is 5.75 Å². The topological polar surface area (TPSA) is 67.6 Å². The first-order valence-electron chi connectivity index (χ1n) is 15.2. The number of rotatable bonds is 7. The first-order valence-corrected chi connectivity index (χ1v) is 15.2. The van der Waals surface area contributed by atoms with Crippen LogP contribution in [0.25, 0.3) is 0 Å². The van der Waals surface area contributed by atoms with Gasteiger partial charge < -0.3 is 15.9 Å². The number of fused-ring (bicyclic) bond motifs is 3. The number of nitrogens with one attached hydrogen (secondary N) is 1. The van der Waals surface area contributed by atoms with Crippen LogP contribution in [0.3, 0.4) is 0 Å². The Hall–Kier alpha value is -2.37. The van der Waals surface area contributed by atoms with Crippen molar-refractivity contribution in [3.05, 3.63) is 66.2 Å². The number of carbonyl (C=O) groups excluding carboxylic acids is 1. The summed E-state index contributed by atoms with van der Waals surface area (Å²) >= 11 is 0. The summed E-state index contributed by atoms with van der Waals surface area (Å²) in [6.07, 6.45) is 14.1. The molecule has 5 heteroatoms. The van der Waals surface area contributed by atoms with Crippen molar-refractivity contribution in [2.75, 3.05) is 6.54 Å². The van der Waals surface area contributed by atoms with Gasteiger partial charge in [0.15, 0.2) is 0 Å². The van der Waals surface area contributed by atoms with E-state index in [-0.39, 0.29) is 16.9 Å². The Kier molecular flexibility index (Phi) is 7.50. The number of nitrogens with zero attached hydrogens (tertiary/aromatic N) is 1. The fourth-order valence-corrected chi connectivity index (χ4v) is 8.74. The molecule has 38 heavy (non-hydrogen) atoms. The smallest absolute Gasteiger partial charge is 0.220 e. The molecule has 1 heterocycles. The fourth-order valence-electron chi connectivity index (χ4n) is 8.74. The van der Waals surface area contributed by atoms with Crippen LogP contribution in [0, 0.1) is 11.8 Å². The molecule has 5 nitrogen and oxygen atoms in total. The molecule has 0 radical (unpaired) electrons. The number of hydroxylamine groups is 2. The highest BCUT2D eigenvalue weighted by Gasteiger charge is 2.61. The van der Waals surface area contributed by atoms with Crippen molar-refractivity contribution in [1.29, 1.82) is 0 Å². The van der Waals surface area contributed by atoms with Gasteiger partial charge in [-0.1, -0.05) is 55.0 Å². The predicted molar refractivity (Wildman–Crippen MR) is 152 cm³/mol. The van der Waals surface area contributed by atoms with Crippen LogP contribution in [0.1, 0.15) is 89.0 Å². The van der Waals surface area contributed by atoms with E-state index in [1.807, 2.05) is 6.07 Å². The van der Waals surface area contributed by atoms with E-state index in [0.29, 0.717) is 30.3 Å². The highest BCUT2D eigenvalue weighted by Crippen LogP contribution is 2.61. The normalized spacial score (nSPS) is 35.2. The van der Waals surface area contributed by atoms with Gasteiger partial charge in [0.25, 0.3) is 0 Å². The third-order valence-corrected chi connectivity index (χ3v) is 10.5. The predicted octanol–water partition coefficient (Wildman–Crippen LogP) is 6.13. The summed E-state index contributed by atoms with van der Waals surface area (Å²) < 4.78 is 0. The van der Waals surface area contributed by atoms with Crippen LogP contribution in [0.5, 0.6) is 5.75 Å². The van der Waals surface area contributed by atoms with Crippen LogP contribution < -0.4 is 15.9 Å². The van der Waals surface area contributed by atoms with Crippen LogP contribution in [0.2, 0.25) is 0 Å². The quantitative estimate of drug-likeness (QED) is 0.466. The van der Waals surface area contributed by atoms with Gasteiger partial charge in [-0.15, -0.1) is 5.06 Å². The van der Waals surface area contributed by atoms with Crippen molar-refractivity contribution in [1.82, 2.24) is 10.4 Å². The van der Waals surface area contributed by atoms with Gasteiger partial charge in [0.05, 0.1) is 5.54 Å². The molecule has 1 saturated heterocycles. The number of para-hydroxylation sites is 1.